The van der Waals surface area contributed by atoms with Crippen molar-refractivity contribution in [2.24, 2.45) is 0 Å². The van der Waals surface area contributed by atoms with Crippen molar-refractivity contribution in [3.63, 3.8) is 0 Å². The first-order valence-corrected chi connectivity index (χ1v) is 7.93. The van der Waals surface area contributed by atoms with Gasteiger partial charge in [0.05, 0.1) is 0 Å². The minimum Gasteiger partial charge on any atom is -0.487 e. The van der Waals surface area contributed by atoms with Crippen LogP contribution >= 0.6 is 28.1 Å². The molecule has 0 spiro atoms. The van der Waals surface area contributed by atoms with Gasteiger partial charge in [0.2, 0.25) is 0 Å². The van der Waals surface area contributed by atoms with Crippen molar-refractivity contribution < 1.29 is 14.3 Å². The molecule has 0 aliphatic carbocycles. The molecule has 0 unspecified atom stereocenters. The third kappa shape index (κ3) is 4.07. The Morgan fingerprint density at radius 1 is 1.59 bits per heavy atom. The monoisotopic (exact) mass is 387 g/mol. The largest absolute Gasteiger partial charge is 0.487 e. The van der Waals surface area contributed by atoms with Gasteiger partial charge in [0.15, 0.2) is 11.6 Å². The zero-order valence-electron chi connectivity index (χ0n) is 12.8. The number of halogens is 1. The summed E-state index contributed by atoms with van der Waals surface area (Å²) in [6, 6.07) is 1.35. The number of nitrogens with zero attached hydrogens (tertiary/aromatic N) is 2. The standard InChI is InChI=1S/C14H18BrN3O3S/c1-14(2,3)21-13(19)17-9-7-20-10-5-8(15)6-16-11(10)18(4)12(9)22/h5-6,9H,7H2,1-4H3,(H,17,19)/t9-/m0/s1. The van der Waals surface area contributed by atoms with Crippen molar-refractivity contribution in [1.82, 2.24) is 10.3 Å². The number of likely N-dealkylation sites (N-methyl/N-ethyl adjacent to an activating group) is 1. The zero-order valence-corrected chi connectivity index (χ0v) is 15.2. The second-order valence-corrected chi connectivity index (χ2v) is 7.22. The number of pyridine rings is 1. The minimum absolute atomic E-state index is 0.216. The number of rotatable bonds is 1. The molecule has 1 N–H and O–H groups in total. The summed E-state index contributed by atoms with van der Waals surface area (Å²) in [5.41, 5.74) is -0.571. The number of amides is 1. The number of hydrogen-bond acceptors (Lipinski definition) is 5. The van der Waals surface area contributed by atoms with E-state index in [2.05, 4.69) is 26.2 Å². The average Bonchev–Trinajstić information content (AvgIpc) is 2.49. The summed E-state index contributed by atoms with van der Waals surface area (Å²) >= 11 is 8.78. The fourth-order valence-corrected chi connectivity index (χ4v) is 2.43. The number of carbonyl (C=O) groups is 1. The summed E-state index contributed by atoms with van der Waals surface area (Å²) < 4.78 is 11.8. The van der Waals surface area contributed by atoms with E-state index in [4.69, 9.17) is 21.7 Å². The van der Waals surface area contributed by atoms with Gasteiger partial charge < -0.3 is 19.7 Å². The number of thiocarbonyl (C=S) groups is 1. The molecule has 120 valence electrons. The second kappa shape index (κ2) is 6.37. The molecular formula is C14H18BrN3O3S. The highest BCUT2D eigenvalue weighted by atomic mass is 79.9. The Morgan fingerprint density at radius 3 is 2.91 bits per heavy atom. The van der Waals surface area contributed by atoms with E-state index in [1.54, 1.807) is 38.9 Å². The smallest absolute Gasteiger partial charge is 0.408 e. The molecule has 0 radical (unpaired) electrons. The first kappa shape index (κ1) is 17.0. The summed E-state index contributed by atoms with van der Waals surface area (Å²) in [4.78, 5) is 18.5. The van der Waals surface area contributed by atoms with Crippen molar-refractivity contribution in [1.29, 1.82) is 0 Å². The van der Waals surface area contributed by atoms with Crippen LogP contribution in [0.2, 0.25) is 0 Å². The van der Waals surface area contributed by atoms with Crippen molar-refractivity contribution in [3.05, 3.63) is 16.7 Å². The van der Waals surface area contributed by atoms with Crippen molar-refractivity contribution in [3.8, 4) is 5.75 Å². The molecule has 1 aliphatic heterocycles. The van der Waals surface area contributed by atoms with Gasteiger partial charge >= 0.3 is 6.09 Å². The quantitative estimate of drug-likeness (QED) is 0.747. The fraction of sp³-hybridized carbons (Fsp3) is 0.500. The van der Waals surface area contributed by atoms with E-state index in [1.807, 2.05) is 6.07 Å². The molecule has 0 aromatic carbocycles. The summed E-state index contributed by atoms with van der Waals surface area (Å²) in [5, 5.41) is 2.74. The highest BCUT2D eigenvalue weighted by Crippen LogP contribution is 2.31. The van der Waals surface area contributed by atoms with E-state index in [1.165, 1.54) is 0 Å². The molecule has 0 fully saturated rings. The van der Waals surface area contributed by atoms with E-state index >= 15 is 0 Å². The average molecular weight is 388 g/mol. The lowest BCUT2D eigenvalue weighted by Gasteiger charge is -2.25. The third-order valence-electron chi connectivity index (χ3n) is 2.84. The molecule has 8 heteroatoms. The van der Waals surface area contributed by atoms with Crippen LogP contribution in [-0.2, 0) is 4.74 Å². The molecule has 0 saturated carbocycles. The lowest BCUT2D eigenvalue weighted by molar-refractivity contribution is 0.0508. The van der Waals surface area contributed by atoms with Crippen LogP contribution in [0.15, 0.2) is 16.7 Å². The molecule has 1 atom stereocenters. The summed E-state index contributed by atoms with van der Waals surface area (Å²) in [5.74, 6) is 1.22. The second-order valence-electron chi connectivity index (χ2n) is 5.88. The van der Waals surface area contributed by atoms with Crippen LogP contribution in [0.25, 0.3) is 0 Å². The van der Waals surface area contributed by atoms with Crippen molar-refractivity contribution in [2.45, 2.75) is 32.4 Å². The Kier molecular flexibility index (Phi) is 4.91. The maximum absolute atomic E-state index is 11.9. The predicted molar refractivity (Wildman–Crippen MR) is 91.6 cm³/mol. The van der Waals surface area contributed by atoms with Crippen LogP contribution in [0.3, 0.4) is 0 Å². The zero-order chi connectivity index (χ0) is 16.5. The molecule has 0 saturated heterocycles. The molecule has 2 rings (SSSR count). The maximum atomic E-state index is 11.9. The van der Waals surface area contributed by atoms with Gasteiger partial charge in [-0.15, -0.1) is 0 Å². The topological polar surface area (TPSA) is 63.7 Å². The minimum atomic E-state index is -0.571. The lowest BCUT2D eigenvalue weighted by Crippen LogP contribution is -2.49. The number of fused-ring (bicyclic) bond motifs is 1. The number of carbonyl (C=O) groups excluding carboxylic acids is 1. The maximum Gasteiger partial charge on any atom is 0.408 e. The number of ether oxygens (including phenoxy) is 2. The molecule has 6 nitrogen and oxygen atoms in total. The first-order chi connectivity index (χ1) is 10.2. The van der Waals surface area contributed by atoms with Gasteiger partial charge in [-0.2, -0.15) is 0 Å². The number of hydrogen-bond donors (Lipinski definition) is 1. The van der Waals surface area contributed by atoms with Crippen molar-refractivity contribution in [2.75, 3.05) is 18.6 Å². The Balaban J connectivity index is 2.14. The third-order valence-corrected chi connectivity index (χ3v) is 3.83. The number of aromatic nitrogens is 1. The van der Waals surface area contributed by atoms with Crippen LogP contribution in [-0.4, -0.2) is 41.4 Å². The van der Waals surface area contributed by atoms with Gasteiger partial charge in [0, 0.05) is 17.7 Å². The summed E-state index contributed by atoms with van der Waals surface area (Å²) in [6.07, 6.45) is 1.14. The van der Waals surface area contributed by atoms with Crippen LogP contribution < -0.4 is 15.0 Å². The van der Waals surface area contributed by atoms with Gasteiger partial charge in [-0.25, -0.2) is 9.78 Å². The fourth-order valence-electron chi connectivity index (χ4n) is 1.91. The van der Waals surface area contributed by atoms with Gasteiger partial charge in [0.1, 0.15) is 23.2 Å². The molecule has 22 heavy (non-hydrogen) atoms. The van der Waals surface area contributed by atoms with Gasteiger partial charge in [-0.1, -0.05) is 12.2 Å². The molecule has 1 aromatic rings. The van der Waals surface area contributed by atoms with E-state index < -0.39 is 17.7 Å². The Hall–Kier alpha value is -1.41. The van der Waals surface area contributed by atoms with E-state index in [9.17, 15) is 4.79 Å². The molecule has 1 amide bonds. The van der Waals surface area contributed by atoms with Gasteiger partial charge in [-0.3, -0.25) is 0 Å². The molecule has 1 aliphatic rings. The molecule has 0 bridgehead atoms. The van der Waals surface area contributed by atoms with E-state index in [0.29, 0.717) is 16.6 Å². The van der Waals surface area contributed by atoms with Crippen LogP contribution in [0.5, 0.6) is 5.75 Å². The van der Waals surface area contributed by atoms with E-state index in [0.717, 1.165) is 4.47 Å². The van der Waals surface area contributed by atoms with Gasteiger partial charge in [-0.05, 0) is 42.8 Å². The Labute approximate surface area is 143 Å². The number of alkyl carbamates (subject to hydrolysis) is 1. The SMILES string of the molecule is CN1C(=S)[C@@H](NC(=O)OC(C)(C)C)COc2cc(Br)cnc21. The lowest BCUT2D eigenvalue weighted by atomic mass is 10.2. The highest BCUT2D eigenvalue weighted by molar-refractivity contribution is 9.10. The number of nitrogens with one attached hydrogen (secondary N) is 1. The van der Waals surface area contributed by atoms with Crippen molar-refractivity contribution >= 4 is 45.0 Å². The first-order valence-electron chi connectivity index (χ1n) is 6.73. The summed E-state index contributed by atoms with van der Waals surface area (Å²) in [7, 11) is 1.79. The van der Waals surface area contributed by atoms with Crippen LogP contribution in [0.4, 0.5) is 10.6 Å². The Morgan fingerprint density at radius 2 is 2.27 bits per heavy atom. The van der Waals surface area contributed by atoms with Gasteiger partial charge in [0.25, 0.3) is 0 Å². The molecule has 1 aromatic heterocycles. The predicted octanol–water partition coefficient (Wildman–Crippen LogP) is 2.89. The summed E-state index contributed by atoms with van der Waals surface area (Å²) in [6.45, 7) is 5.63. The Bertz CT molecular complexity index is 603. The van der Waals surface area contributed by atoms with Crippen LogP contribution in [0.1, 0.15) is 20.8 Å². The normalized spacial score (nSPS) is 18.1. The molecular weight excluding hydrogens is 370 g/mol. The van der Waals surface area contributed by atoms with E-state index in [-0.39, 0.29) is 6.61 Å². The highest BCUT2D eigenvalue weighted by Gasteiger charge is 2.29. The molecule has 2 heterocycles. The number of anilines is 1. The van der Waals surface area contributed by atoms with Crippen LogP contribution in [0, 0.1) is 0 Å².